The van der Waals surface area contributed by atoms with Crippen molar-refractivity contribution in [3.05, 3.63) is 29.8 Å². The monoisotopic (exact) mass is 266 g/mol. The first-order valence-corrected chi connectivity index (χ1v) is 6.09. The van der Waals surface area contributed by atoms with E-state index in [1.54, 1.807) is 25.2 Å². The molecule has 3 atom stereocenters. The largest absolute Gasteiger partial charge is 0.468 e. The lowest BCUT2D eigenvalue weighted by Crippen LogP contribution is -2.49. The summed E-state index contributed by atoms with van der Waals surface area (Å²) in [5.74, 6) is -0.477. The topological polar surface area (TPSA) is 50.8 Å². The molecule has 0 spiro atoms. The predicted molar refractivity (Wildman–Crippen MR) is 66.1 cm³/mol. The summed E-state index contributed by atoms with van der Waals surface area (Å²) in [5, 5.41) is 4.36. The van der Waals surface area contributed by atoms with Gasteiger partial charge in [-0.25, -0.2) is 4.39 Å². The number of para-hydroxylation sites is 1. The summed E-state index contributed by atoms with van der Waals surface area (Å²) in [6.07, 6.45) is -0.869. The van der Waals surface area contributed by atoms with Crippen LogP contribution >= 0.6 is 0 Å². The van der Waals surface area contributed by atoms with Gasteiger partial charge in [-0.1, -0.05) is 18.2 Å². The quantitative estimate of drug-likeness (QED) is 0.771. The first-order chi connectivity index (χ1) is 9.06. The van der Waals surface area contributed by atoms with Gasteiger partial charge in [0.1, 0.15) is 6.04 Å². The van der Waals surface area contributed by atoms with Crippen molar-refractivity contribution in [1.29, 1.82) is 0 Å². The number of methoxy groups -OCH3 is 1. The highest BCUT2D eigenvalue weighted by molar-refractivity contribution is 5.77. The molecule has 1 fully saturated rings. The van der Waals surface area contributed by atoms with E-state index in [0.29, 0.717) is 11.3 Å². The van der Waals surface area contributed by atoms with E-state index in [1.165, 1.54) is 12.2 Å². The lowest BCUT2D eigenvalue weighted by atomic mass is 9.89. The number of anilines is 1. The molecule has 1 N–H and O–H groups in total. The van der Waals surface area contributed by atoms with Gasteiger partial charge >= 0.3 is 5.97 Å². The average Bonchev–Trinajstić information content (AvgIpc) is 2.77. The smallest absolute Gasteiger partial charge is 0.323 e. The van der Waals surface area contributed by atoms with Gasteiger partial charge in [0, 0.05) is 19.0 Å². The molecule has 3 rings (SSSR count). The number of esters is 1. The number of hydroxylamine groups is 1. The Hall–Kier alpha value is -1.66. The summed E-state index contributed by atoms with van der Waals surface area (Å²) in [6.45, 7) is 0. The molecule has 0 bridgehead atoms. The molecule has 2 aliphatic heterocycles. The van der Waals surface area contributed by atoms with Gasteiger partial charge in [0.05, 0.1) is 12.8 Å². The van der Waals surface area contributed by atoms with Crippen LogP contribution in [0.25, 0.3) is 0 Å². The summed E-state index contributed by atoms with van der Waals surface area (Å²) in [4.78, 5) is 17.1. The summed E-state index contributed by atoms with van der Waals surface area (Å²) >= 11 is 0. The third kappa shape index (κ3) is 1.71. The number of nitrogens with zero attached hydrogens (tertiary/aromatic N) is 1. The lowest BCUT2D eigenvalue weighted by Gasteiger charge is -2.38. The zero-order valence-corrected chi connectivity index (χ0v) is 10.7. The van der Waals surface area contributed by atoms with Crippen LogP contribution in [0.3, 0.4) is 0 Å². The lowest BCUT2D eigenvalue weighted by molar-refractivity contribution is -0.143. The zero-order chi connectivity index (χ0) is 13.6. The van der Waals surface area contributed by atoms with Gasteiger partial charge in [0.2, 0.25) is 0 Å². The van der Waals surface area contributed by atoms with Crippen molar-refractivity contribution in [2.75, 3.05) is 19.2 Å². The Morgan fingerprint density at radius 1 is 1.58 bits per heavy atom. The molecule has 19 heavy (non-hydrogen) atoms. The summed E-state index contributed by atoms with van der Waals surface area (Å²) in [7, 11) is 3.00. The number of hydrogen-bond acceptors (Lipinski definition) is 5. The molecule has 6 heteroatoms. The number of benzene rings is 1. The van der Waals surface area contributed by atoms with Crippen LogP contribution in [0, 0.1) is 0 Å². The third-order valence-corrected chi connectivity index (χ3v) is 3.71. The molecular formula is C13H15FN2O3. The van der Waals surface area contributed by atoms with Crippen LogP contribution < -0.4 is 10.4 Å². The van der Waals surface area contributed by atoms with Gasteiger partial charge in [-0.05, 0) is 6.07 Å². The average molecular weight is 266 g/mol. The second kappa shape index (κ2) is 4.18. The van der Waals surface area contributed by atoms with Crippen molar-refractivity contribution in [3.8, 4) is 0 Å². The SMILES string of the molecule is COC(=O)[C@H]1CC2(F)c3ccccc3N(C)OC2N1. The third-order valence-electron chi connectivity index (χ3n) is 3.71. The number of halogens is 1. The molecule has 2 heterocycles. The molecule has 0 radical (unpaired) electrons. The van der Waals surface area contributed by atoms with Crippen LogP contribution in [-0.4, -0.2) is 32.4 Å². The van der Waals surface area contributed by atoms with Crippen LogP contribution in [0.1, 0.15) is 12.0 Å². The van der Waals surface area contributed by atoms with Gasteiger partial charge in [0.15, 0.2) is 11.9 Å². The van der Waals surface area contributed by atoms with Crippen molar-refractivity contribution in [2.45, 2.75) is 24.4 Å². The Morgan fingerprint density at radius 3 is 3.05 bits per heavy atom. The molecule has 1 aromatic carbocycles. The summed E-state index contributed by atoms with van der Waals surface area (Å²) in [5.41, 5.74) is -0.511. The number of ether oxygens (including phenoxy) is 1. The standard InChI is InChI=1S/C13H15FN2O3/c1-16-10-6-4-3-5-8(10)13(14)7-9(11(17)18-2)15-12(13)19-16/h3-6,9,12,15H,7H2,1-2H3/t9-,12?,13?/m1/s1. The molecule has 2 aliphatic rings. The predicted octanol–water partition coefficient (Wildman–Crippen LogP) is 1.09. The summed E-state index contributed by atoms with van der Waals surface area (Å²) in [6, 6.07) is 6.42. The molecule has 1 saturated heterocycles. The number of alkyl halides is 1. The normalized spacial score (nSPS) is 32.7. The van der Waals surface area contributed by atoms with Crippen LogP contribution in [0.5, 0.6) is 0 Å². The first-order valence-electron chi connectivity index (χ1n) is 6.09. The van der Waals surface area contributed by atoms with Crippen LogP contribution in [-0.2, 0) is 20.0 Å². The minimum Gasteiger partial charge on any atom is -0.468 e. The maximum absolute atomic E-state index is 15.2. The van der Waals surface area contributed by atoms with E-state index in [1.807, 2.05) is 6.07 Å². The van der Waals surface area contributed by atoms with Crippen LogP contribution in [0.4, 0.5) is 10.1 Å². The van der Waals surface area contributed by atoms with Crippen LogP contribution in [0.2, 0.25) is 0 Å². The molecule has 5 nitrogen and oxygen atoms in total. The van der Waals surface area contributed by atoms with Crippen molar-refractivity contribution in [1.82, 2.24) is 5.32 Å². The highest BCUT2D eigenvalue weighted by Crippen LogP contribution is 2.47. The Labute approximate surface area is 110 Å². The molecule has 102 valence electrons. The highest BCUT2D eigenvalue weighted by Gasteiger charge is 2.56. The number of carbonyl (C=O) groups is 1. The number of rotatable bonds is 1. The Kier molecular flexibility index (Phi) is 2.72. The molecular weight excluding hydrogens is 251 g/mol. The maximum Gasteiger partial charge on any atom is 0.323 e. The molecule has 0 amide bonds. The molecule has 1 aromatic rings. The molecule has 0 saturated carbocycles. The minimum absolute atomic E-state index is 0.00912. The fraction of sp³-hybridized carbons (Fsp3) is 0.462. The van der Waals surface area contributed by atoms with Gasteiger partial charge in [-0.2, -0.15) is 0 Å². The maximum atomic E-state index is 15.2. The highest BCUT2D eigenvalue weighted by atomic mass is 19.1. The Bertz CT molecular complexity index is 524. The minimum atomic E-state index is -1.72. The molecule has 0 aliphatic carbocycles. The van der Waals surface area contributed by atoms with E-state index in [0.717, 1.165) is 0 Å². The van der Waals surface area contributed by atoms with Crippen molar-refractivity contribution < 1.29 is 18.8 Å². The number of fused-ring (bicyclic) bond motifs is 3. The van der Waals surface area contributed by atoms with Gasteiger partial charge in [-0.3, -0.25) is 20.0 Å². The van der Waals surface area contributed by atoms with E-state index in [-0.39, 0.29) is 6.42 Å². The number of hydrogen-bond donors (Lipinski definition) is 1. The summed E-state index contributed by atoms with van der Waals surface area (Å²) < 4.78 is 19.9. The second-order valence-corrected chi connectivity index (χ2v) is 4.81. The first kappa shape index (κ1) is 12.4. The number of nitrogens with one attached hydrogen (secondary N) is 1. The number of carbonyl (C=O) groups excluding carboxylic acids is 1. The van der Waals surface area contributed by atoms with E-state index in [2.05, 4.69) is 10.1 Å². The second-order valence-electron chi connectivity index (χ2n) is 4.81. The van der Waals surface area contributed by atoms with E-state index < -0.39 is 23.9 Å². The van der Waals surface area contributed by atoms with Gasteiger partial charge in [-0.15, -0.1) is 0 Å². The van der Waals surface area contributed by atoms with Crippen molar-refractivity contribution in [2.24, 2.45) is 0 Å². The zero-order valence-electron chi connectivity index (χ0n) is 10.7. The van der Waals surface area contributed by atoms with Crippen molar-refractivity contribution in [3.63, 3.8) is 0 Å². The van der Waals surface area contributed by atoms with Crippen molar-refractivity contribution >= 4 is 11.7 Å². The van der Waals surface area contributed by atoms with E-state index in [9.17, 15) is 4.79 Å². The fourth-order valence-electron chi connectivity index (χ4n) is 2.75. The molecule has 2 unspecified atom stereocenters. The fourth-order valence-corrected chi connectivity index (χ4v) is 2.75. The van der Waals surface area contributed by atoms with E-state index >= 15 is 4.39 Å². The Balaban J connectivity index is 2.01. The molecule has 0 aromatic heterocycles. The van der Waals surface area contributed by atoms with Gasteiger partial charge in [0.25, 0.3) is 0 Å². The van der Waals surface area contributed by atoms with Gasteiger partial charge < -0.3 is 4.74 Å². The van der Waals surface area contributed by atoms with E-state index in [4.69, 9.17) is 4.84 Å². The van der Waals surface area contributed by atoms with Crippen LogP contribution in [0.15, 0.2) is 24.3 Å². The Morgan fingerprint density at radius 2 is 2.32 bits per heavy atom.